The Kier molecular flexibility index (Phi) is 4.62. The van der Waals surface area contributed by atoms with Crippen LogP contribution in [0.25, 0.3) is 0 Å². The highest BCUT2D eigenvalue weighted by atomic mass is 79.9. The first-order chi connectivity index (χ1) is 9.52. The molecule has 0 saturated carbocycles. The number of hydrogen-bond donors (Lipinski definition) is 2. The number of aryl methyl sites for hydroxylation is 1. The molecular formula is C14H13BrClN3O. The van der Waals surface area contributed by atoms with Gasteiger partial charge in [-0.1, -0.05) is 23.7 Å². The van der Waals surface area contributed by atoms with Gasteiger partial charge in [0.05, 0.1) is 10.7 Å². The Morgan fingerprint density at radius 3 is 2.75 bits per heavy atom. The lowest BCUT2D eigenvalue weighted by atomic mass is 10.2. The molecule has 1 aromatic heterocycles. The van der Waals surface area contributed by atoms with E-state index in [1.54, 1.807) is 19.2 Å². The summed E-state index contributed by atoms with van der Waals surface area (Å²) in [6, 6.07) is 8.98. The van der Waals surface area contributed by atoms with Gasteiger partial charge >= 0.3 is 0 Å². The van der Waals surface area contributed by atoms with E-state index >= 15 is 0 Å². The fourth-order valence-electron chi connectivity index (χ4n) is 1.67. The van der Waals surface area contributed by atoms with Crippen molar-refractivity contribution in [2.45, 2.75) is 6.92 Å². The highest BCUT2D eigenvalue weighted by Gasteiger charge is 2.15. The molecule has 104 valence electrons. The molecule has 2 aromatic rings. The van der Waals surface area contributed by atoms with Crippen molar-refractivity contribution in [1.29, 1.82) is 0 Å². The van der Waals surface area contributed by atoms with Gasteiger partial charge in [0.15, 0.2) is 0 Å². The van der Waals surface area contributed by atoms with Crippen LogP contribution in [0.2, 0.25) is 5.02 Å². The van der Waals surface area contributed by atoms with Crippen LogP contribution in [-0.4, -0.2) is 17.9 Å². The van der Waals surface area contributed by atoms with Crippen LogP contribution in [-0.2, 0) is 0 Å². The Morgan fingerprint density at radius 1 is 1.30 bits per heavy atom. The summed E-state index contributed by atoms with van der Waals surface area (Å²) in [6.45, 7) is 1.95. The molecule has 1 heterocycles. The first-order valence-corrected chi connectivity index (χ1v) is 7.10. The minimum absolute atomic E-state index is 0.187. The standard InChI is InChI=1S/C14H13BrClN3O/c1-8-4-3-5-10(12(8)15)18-14(20)13-9(16)6-7-11(17-2)19-13/h3-7H,1-2H3,(H,17,19)(H,18,20). The molecule has 0 unspecified atom stereocenters. The van der Waals surface area contributed by atoms with Crippen LogP contribution >= 0.6 is 27.5 Å². The third-order valence-electron chi connectivity index (χ3n) is 2.76. The van der Waals surface area contributed by atoms with Crippen molar-refractivity contribution in [1.82, 2.24) is 4.98 Å². The van der Waals surface area contributed by atoms with Crippen molar-refractivity contribution < 1.29 is 4.79 Å². The van der Waals surface area contributed by atoms with E-state index in [0.717, 1.165) is 10.0 Å². The molecule has 0 bridgehead atoms. The molecule has 0 aliphatic heterocycles. The smallest absolute Gasteiger partial charge is 0.275 e. The lowest BCUT2D eigenvalue weighted by Gasteiger charge is -2.10. The van der Waals surface area contributed by atoms with E-state index in [1.165, 1.54) is 0 Å². The van der Waals surface area contributed by atoms with Gasteiger partial charge in [0.2, 0.25) is 0 Å². The van der Waals surface area contributed by atoms with E-state index in [-0.39, 0.29) is 11.6 Å². The largest absolute Gasteiger partial charge is 0.373 e. The van der Waals surface area contributed by atoms with E-state index in [0.29, 0.717) is 16.5 Å². The van der Waals surface area contributed by atoms with E-state index in [2.05, 4.69) is 31.5 Å². The molecule has 0 atom stereocenters. The molecule has 6 heteroatoms. The maximum Gasteiger partial charge on any atom is 0.275 e. The zero-order valence-electron chi connectivity index (χ0n) is 11.0. The number of rotatable bonds is 3. The number of halogens is 2. The Labute approximate surface area is 130 Å². The Balaban J connectivity index is 2.30. The topological polar surface area (TPSA) is 54.0 Å². The number of anilines is 2. The van der Waals surface area contributed by atoms with Crippen molar-refractivity contribution >= 4 is 44.9 Å². The van der Waals surface area contributed by atoms with Crippen molar-refractivity contribution in [3.8, 4) is 0 Å². The molecule has 0 spiro atoms. The van der Waals surface area contributed by atoms with Gasteiger partial charge in [-0.25, -0.2) is 4.98 Å². The van der Waals surface area contributed by atoms with Gasteiger partial charge in [0.1, 0.15) is 11.5 Å². The van der Waals surface area contributed by atoms with Crippen LogP contribution < -0.4 is 10.6 Å². The highest BCUT2D eigenvalue weighted by molar-refractivity contribution is 9.10. The van der Waals surface area contributed by atoms with Crippen LogP contribution in [0, 0.1) is 6.92 Å². The Bertz CT molecular complexity index is 661. The fourth-order valence-corrected chi connectivity index (χ4v) is 2.22. The molecule has 1 amide bonds. The van der Waals surface area contributed by atoms with Crippen LogP contribution in [0.3, 0.4) is 0 Å². The molecule has 0 radical (unpaired) electrons. The number of benzene rings is 1. The second-order valence-corrected chi connectivity index (χ2v) is 5.37. The number of nitrogens with zero attached hydrogens (tertiary/aromatic N) is 1. The first-order valence-electron chi connectivity index (χ1n) is 5.93. The van der Waals surface area contributed by atoms with Crippen molar-refractivity contribution in [2.75, 3.05) is 17.7 Å². The monoisotopic (exact) mass is 353 g/mol. The number of carbonyl (C=O) groups excluding carboxylic acids is 1. The SMILES string of the molecule is CNc1ccc(Cl)c(C(=O)Nc2cccc(C)c2Br)n1. The quantitative estimate of drug-likeness (QED) is 0.872. The van der Waals surface area contributed by atoms with Crippen molar-refractivity contribution in [3.63, 3.8) is 0 Å². The van der Waals surface area contributed by atoms with Crippen molar-refractivity contribution in [2.24, 2.45) is 0 Å². The maximum atomic E-state index is 12.3. The molecule has 2 N–H and O–H groups in total. The number of pyridine rings is 1. The number of aromatic nitrogens is 1. The summed E-state index contributed by atoms with van der Waals surface area (Å²) in [4.78, 5) is 16.4. The Morgan fingerprint density at radius 2 is 2.05 bits per heavy atom. The molecule has 0 saturated heterocycles. The van der Waals surface area contributed by atoms with Crippen LogP contribution in [0.4, 0.5) is 11.5 Å². The average Bonchev–Trinajstić information content (AvgIpc) is 2.44. The molecule has 1 aromatic carbocycles. The van der Waals surface area contributed by atoms with E-state index in [4.69, 9.17) is 11.6 Å². The van der Waals surface area contributed by atoms with E-state index < -0.39 is 0 Å². The normalized spacial score (nSPS) is 10.2. The fraction of sp³-hybridized carbons (Fsp3) is 0.143. The predicted molar refractivity (Wildman–Crippen MR) is 85.6 cm³/mol. The zero-order valence-corrected chi connectivity index (χ0v) is 13.3. The summed E-state index contributed by atoms with van der Waals surface area (Å²) in [7, 11) is 1.73. The minimum Gasteiger partial charge on any atom is -0.373 e. The molecule has 0 aliphatic carbocycles. The third-order valence-corrected chi connectivity index (χ3v) is 4.11. The summed E-state index contributed by atoms with van der Waals surface area (Å²) in [5, 5.41) is 5.98. The summed E-state index contributed by atoms with van der Waals surface area (Å²) >= 11 is 9.47. The summed E-state index contributed by atoms with van der Waals surface area (Å²) in [6.07, 6.45) is 0. The van der Waals surface area contributed by atoms with Gasteiger partial charge in [-0.15, -0.1) is 0 Å². The van der Waals surface area contributed by atoms with E-state index in [9.17, 15) is 4.79 Å². The average molecular weight is 355 g/mol. The van der Waals surface area contributed by atoms with Crippen LogP contribution in [0.5, 0.6) is 0 Å². The lowest BCUT2D eigenvalue weighted by molar-refractivity contribution is 0.102. The lowest BCUT2D eigenvalue weighted by Crippen LogP contribution is -2.15. The molecule has 2 rings (SSSR count). The summed E-state index contributed by atoms with van der Waals surface area (Å²) in [5.74, 6) is 0.237. The number of carbonyl (C=O) groups is 1. The second-order valence-electron chi connectivity index (χ2n) is 4.17. The van der Waals surface area contributed by atoms with E-state index in [1.807, 2.05) is 25.1 Å². The van der Waals surface area contributed by atoms with Gasteiger partial charge in [0, 0.05) is 11.5 Å². The number of amides is 1. The third kappa shape index (κ3) is 3.11. The second kappa shape index (κ2) is 6.24. The minimum atomic E-state index is -0.349. The Hall–Kier alpha value is -1.59. The summed E-state index contributed by atoms with van der Waals surface area (Å²) in [5.41, 5.74) is 1.90. The van der Waals surface area contributed by atoms with Gasteiger partial charge in [0.25, 0.3) is 5.91 Å². The summed E-state index contributed by atoms with van der Waals surface area (Å²) < 4.78 is 0.842. The number of hydrogen-bond acceptors (Lipinski definition) is 3. The van der Waals surface area contributed by atoms with Crippen LogP contribution in [0.1, 0.15) is 16.1 Å². The highest BCUT2D eigenvalue weighted by Crippen LogP contribution is 2.27. The van der Waals surface area contributed by atoms with Gasteiger partial charge in [-0.05, 0) is 46.6 Å². The van der Waals surface area contributed by atoms with Gasteiger partial charge < -0.3 is 10.6 Å². The number of nitrogens with one attached hydrogen (secondary N) is 2. The molecule has 0 aliphatic rings. The maximum absolute atomic E-state index is 12.3. The van der Waals surface area contributed by atoms with Gasteiger partial charge in [-0.3, -0.25) is 4.79 Å². The molecule has 4 nitrogen and oxygen atoms in total. The zero-order chi connectivity index (χ0) is 14.7. The molecule has 0 fully saturated rings. The predicted octanol–water partition coefficient (Wildman–Crippen LogP) is 4.10. The first kappa shape index (κ1) is 14.8. The van der Waals surface area contributed by atoms with Gasteiger partial charge in [-0.2, -0.15) is 0 Å². The van der Waals surface area contributed by atoms with Crippen molar-refractivity contribution in [3.05, 3.63) is 51.1 Å². The molecule has 20 heavy (non-hydrogen) atoms. The molecular weight excluding hydrogens is 342 g/mol. The van der Waals surface area contributed by atoms with Crippen LogP contribution in [0.15, 0.2) is 34.8 Å².